The number of pyridine rings is 1. The van der Waals surface area contributed by atoms with E-state index in [1.54, 1.807) is 25.3 Å². The summed E-state index contributed by atoms with van der Waals surface area (Å²) in [6.07, 6.45) is 3.04. The van der Waals surface area contributed by atoms with Crippen LogP contribution in [0.4, 0.5) is 10.1 Å². The quantitative estimate of drug-likeness (QED) is 0.516. The first-order valence-electron chi connectivity index (χ1n) is 6.61. The highest BCUT2D eigenvalue weighted by Crippen LogP contribution is 2.19. The van der Waals surface area contributed by atoms with E-state index in [0.717, 1.165) is 0 Å². The van der Waals surface area contributed by atoms with Crippen molar-refractivity contribution in [3.63, 3.8) is 0 Å². The van der Waals surface area contributed by atoms with Crippen LogP contribution in [0.15, 0.2) is 48.8 Å². The number of benzene rings is 1. The van der Waals surface area contributed by atoms with Crippen LogP contribution < -0.4 is 5.32 Å². The SMILES string of the molecule is CCOC(=O)/C(=C\Nc1ccnc(Cl)c1)c1ccc(F)cc1. The van der Waals surface area contributed by atoms with E-state index < -0.39 is 5.97 Å². The van der Waals surface area contributed by atoms with Crippen LogP contribution in [0.5, 0.6) is 0 Å². The lowest BCUT2D eigenvalue weighted by Gasteiger charge is -2.09. The van der Waals surface area contributed by atoms with Crippen LogP contribution in [-0.4, -0.2) is 17.6 Å². The Balaban J connectivity index is 2.29. The topological polar surface area (TPSA) is 51.2 Å². The second-order valence-corrected chi connectivity index (χ2v) is 4.68. The third-order valence-electron chi connectivity index (χ3n) is 2.76. The van der Waals surface area contributed by atoms with Crippen LogP contribution in [0, 0.1) is 5.82 Å². The normalized spacial score (nSPS) is 11.1. The van der Waals surface area contributed by atoms with Gasteiger partial charge in [0, 0.05) is 18.1 Å². The van der Waals surface area contributed by atoms with Gasteiger partial charge < -0.3 is 10.1 Å². The van der Waals surface area contributed by atoms with E-state index in [9.17, 15) is 9.18 Å². The molecule has 0 fully saturated rings. The lowest BCUT2D eigenvalue weighted by atomic mass is 10.1. The minimum absolute atomic E-state index is 0.248. The third kappa shape index (κ3) is 4.30. The van der Waals surface area contributed by atoms with Crippen molar-refractivity contribution in [1.82, 2.24) is 4.98 Å². The van der Waals surface area contributed by atoms with Crippen LogP contribution in [0.3, 0.4) is 0 Å². The molecule has 0 saturated heterocycles. The summed E-state index contributed by atoms with van der Waals surface area (Å²) in [6.45, 7) is 1.97. The molecule has 1 N–H and O–H groups in total. The molecule has 0 aliphatic carbocycles. The molecule has 0 amide bonds. The maximum atomic E-state index is 13.0. The van der Waals surface area contributed by atoms with Crippen LogP contribution >= 0.6 is 11.6 Å². The summed E-state index contributed by atoms with van der Waals surface area (Å²) in [5.74, 6) is -0.873. The fourth-order valence-corrected chi connectivity index (χ4v) is 1.92. The number of ether oxygens (including phenoxy) is 1. The maximum Gasteiger partial charge on any atom is 0.340 e. The van der Waals surface area contributed by atoms with Gasteiger partial charge in [-0.3, -0.25) is 0 Å². The molecule has 0 saturated carbocycles. The summed E-state index contributed by atoms with van der Waals surface area (Å²) >= 11 is 5.80. The second kappa shape index (κ2) is 7.56. The Hall–Kier alpha value is -2.40. The molecule has 114 valence electrons. The summed E-state index contributed by atoms with van der Waals surface area (Å²) in [5, 5.41) is 3.29. The average Bonchev–Trinajstić information content (AvgIpc) is 2.49. The number of nitrogens with zero attached hydrogens (tertiary/aromatic N) is 1. The van der Waals surface area contributed by atoms with Crippen LogP contribution in [-0.2, 0) is 9.53 Å². The van der Waals surface area contributed by atoms with Gasteiger partial charge in [-0.15, -0.1) is 0 Å². The smallest absolute Gasteiger partial charge is 0.340 e. The van der Waals surface area contributed by atoms with Crippen molar-refractivity contribution in [2.45, 2.75) is 6.92 Å². The van der Waals surface area contributed by atoms with Crippen molar-refractivity contribution in [3.8, 4) is 0 Å². The summed E-state index contributed by atoms with van der Waals surface area (Å²) in [5.41, 5.74) is 1.51. The number of hydrogen-bond donors (Lipinski definition) is 1. The molecule has 2 rings (SSSR count). The number of hydrogen-bond acceptors (Lipinski definition) is 4. The zero-order valence-electron chi connectivity index (χ0n) is 11.8. The Morgan fingerprint density at radius 3 is 2.73 bits per heavy atom. The molecule has 2 aromatic rings. The van der Waals surface area contributed by atoms with Gasteiger partial charge in [-0.05, 0) is 36.8 Å². The zero-order chi connectivity index (χ0) is 15.9. The monoisotopic (exact) mass is 320 g/mol. The minimum Gasteiger partial charge on any atom is -0.462 e. The number of carbonyl (C=O) groups is 1. The molecule has 22 heavy (non-hydrogen) atoms. The lowest BCUT2D eigenvalue weighted by Crippen LogP contribution is -2.08. The highest BCUT2D eigenvalue weighted by atomic mass is 35.5. The Morgan fingerprint density at radius 1 is 1.36 bits per heavy atom. The molecule has 1 heterocycles. The van der Waals surface area contributed by atoms with Gasteiger partial charge in [0.25, 0.3) is 0 Å². The van der Waals surface area contributed by atoms with Crippen molar-refractivity contribution in [2.24, 2.45) is 0 Å². The van der Waals surface area contributed by atoms with Crippen molar-refractivity contribution in [2.75, 3.05) is 11.9 Å². The zero-order valence-corrected chi connectivity index (χ0v) is 12.6. The van der Waals surface area contributed by atoms with Crippen LogP contribution in [0.25, 0.3) is 5.57 Å². The number of carbonyl (C=O) groups excluding carboxylic acids is 1. The van der Waals surface area contributed by atoms with Gasteiger partial charge in [-0.25, -0.2) is 14.2 Å². The van der Waals surface area contributed by atoms with Gasteiger partial charge >= 0.3 is 5.97 Å². The van der Waals surface area contributed by atoms with Gasteiger partial charge in [0.2, 0.25) is 0 Å². The minimum atomic E-state index is -0.498. The van der Waals surface area contributed by atoms with Gasteiger partial charge in [-0.1, -0.05) is 23.7 Å². The third-order valence-corrected chi connectivity index (χ3v) is 2.97. The first-order valence-corrected chi connectivity index (χ1v) is 6.99. The van der Waals surface area contributed by atoms with Gasteiger partial charge in [0.1, 0.15) is 11.0 Å². The molecule has 6 heteroatoms. The summed E-state index contributed by atoms with van der Waals surface area (Å²) in [4.78, 5) is 15.9. The Bertz CT molecular complexity index is 687. The van der Waals surface area contributed by atoms with Crippen molar-refractivity contribution < 1.29 is 13.9 Å². The van der Waals surface area contributed by atoms with Gasteiger partial charge in [0.05, 0.1) is 12.2 Å². The van der Waals surface area contributed by atoms with Crippen LogP contribution in [0.2, 0.25) is 5.15 Å². The maximum absolute atomic E-state index is 13.0. The number of aromatic nitrogens is 1. The average molecular weight is 321 g/mol. The molecule has 0 aliphatic heterocycles. The highest BCUT2D eigenvalue weighted by Gasteiger charge is 2.13. The van der Waals surface area contributed by atoms with Gasteiger partial charge in [-0.2, -0.15) is 0 Å². The standard InChI is InChI=1S/C16H14ClFN2O2/c1-2-22-16(21)14(11-3-5-12(18)6-4-11)10-20-13-7-8-19-15(17)9-13/h3-10H,2H2,1H3,(H,19,20)/b14-10-. The molecular formula is C16H14ClFN2O2. The molecule has 0 bridgehead atoms. The molecule has 0 radical (unpaired) electrons. The molecular weight excluding hydrogens is 307 g/mol. The number of anilines is 1. The fourth-order valence-electron chi connectivity index (χ4n) is 1.75. The number of halogens is 2. The van der Waals surface area contributed by atoms with Gasteiger partial charge in [0.15, 0.2) is 0 Å². The summed E-state index contributed by atoms with van der Waals surface area (Å²) < 4.78 is 18.0. The highest BCUT2D eigenvalue weighted by molar-refractivity contribution is 6.29. The molecule has 0 spiro atoms. The van der Waals surface area contributed by atoms with E-state index in [4.69, 9.17) is 16.3 Å². The van der Waals surface area contributed by atoms with E-state index in [1.165, 1.54) is 30.5 Å². The van der Waals surface area contributed by atoms with Crippen LogP contribution in [0.1, 0.15) is 12.5 Å². The summed E-state index contributed by atoms with van der Waals surface area (Å²) in [6, 6.07) is 8.91. The lowest BCUT2D eigenvalue weighted by molar-refractivity contribution is -0.136. The predicted octanol–water partition coefficient (Wildman–Crippen LogP) is 3.89. The Labute approximate surface area is 132 Å². The van der Waals surface area contributed by atoms with Crippen molar-refractivity contribution in [1.29, 1.82) is 0 Å². The summed E-state index contributed by atoms with van der Waals surface area (Å²) in [7, 11) is 0. The number of rotatable bonds is 5. The molecule has 0 aliphatic rings. The van der Waals surface area contributed by atoms with E-state index in [0.29, 0.717) is 16.4 Å². The molecule has 0 atom stereocenters. The molecule has 1 aromatic heterocycles. The van der Waals surface area contributed by atoms with Crippen molar-refractivity contribution >= 4 is 28.8 Å². The molecule has 1 aromatic carbocycles. The number of nitrogens with one attached hydrogen (secondary N) is 1. The molecule has 0 unspecified atom stereocenters. The first kappa shape index (κ1) is 16.0. The van der Waals surface area contributed by atoms with E-state index in [1.807, 2.05) is 0 Å². The largest absolute Gasteiger partial charge is 0.462 e. The van der Waals surface area contributed by atoms with Crippen molar-refractivity contribution in [3.05, 3.63) is 65.3 Å². The Morgan fingerprint density at radius 2 is 2.09 bits per heavy atom. The predicted molar refractivity (Wildman–Crippen MR) is 83.9 cm³/mol. The first-order chi connectivity index (χ1) is 10.6. The molecule has 4 nitrogen and oxygen atoms in total. The van der Waals surface area contributed by atoms with E-state index >= 15 is 0 Å². The Kier molecular flexibility index (Phi) is 5.49. The fraction of sp³-hybridized carbons (Fsp3) is 0.125. The van der Waals surface area contributed by atoms with E-state index in [2.05, 4.69) is 10.3 Å². The number of esters is 1. The second-order valence-electron chi connectivity index (χ2n) is 4.30. The van der Waals surface area contributed by atoms with E-state index in [-0.39, 0.29) is 18.0 Å².